The second-order valence-electron chi connectivity index (χ2n) is 3.97. The van der Waals surface area contributed by atoms with Gasteiger partial charge in [0.2, 0.25) is 0 Å². The Hall–Kier alpha value is -2.49. The van der Waals surface area contributed by atoms with Crippen LogP contribution in [-0.4, -0.2) is 22.8 Å². The zero-order chi connectivity index (χ0) is 13.8. The predicted molar refractivity (Wildman–Crippen MR) is 71.7 cm³/mol. The lowest BCUT2D eigenvalue weighted by atomic mass is 10.0. The summed E-state index contributed by atoms with van der Waals surface area (Å²) < 4.78 is 5.51. The van der Waals surface area contributed by atoms with E-state index < -0.39 is 5.97 Å². The average molecular weight is 258 g/mol. The molecule has 0 bridgehead atoms. The van der Waals surface area contributed by atoms with E-state index >= 15 is 0 Å². The van der Waals surface area contributed by atoms with Crippen LogP contribution in [0.1, 0.15) is 17.3 Å². The van der Waals surface area contributed by atoms with Crippen LogP contribution in [0.25, 0.3) is 11.1 Å². The lowest BCUT2D eigenvalue weighted by Crippen LogP contribution is -1.98. The van der Waals surface area contributed by atoms with Gasteiger partial charge in [-0.2, -0.15) is 0 Å². The standard InChI is InChI=1S/C15H14O4/c1-2-19-14-6-4-3-5-11(14)10-7-8-13(16)12(9-10)15(17)18/h3-9,16H,2H2,1H3,(H,17,18). The van der Waals surface area contributed by atoms with Gasteiger partial charge in [0.1, 0.15) is 17.1 Å². The molecule has 19 heavy (non-hydrogen) atoms. The van der Waals surface area contributed by atoms with Gasteiger partial charge < -0.3 is 14.9 Å². The number of rotatable bonds is 4. The lowest BCUT2D eigenvalue weighted by Gasteiger charge is -2.11. The first-order valence-corrected chi connectivity index (χ1v) is 5.92. The van der Waals surface area contributed by atoms with Gasteiger partial charge >= 0.3 is 5.97 Å². The van der Waals surface area contributed by atoms with Gasteiger partial charge in [0.15, 0.2) is 0 Å². The van der Waals surface area contributed by atoms with Crippen molar-refractivity contribution in [2.24, 2.45) is 0 Å². The number of benzene rings is 2. The van der Waals surface area contributed by atoms with Gasteiger partial charge in [0.25, 0.3) is 0 Å². The first-order valence-electron chi connectivity index (χ1n) is 5.92. The molecule has 0 amide bonds. The molecule has 0 atom stereocenters. The number of ether oxygens (including phenoxy) is 1. The number of para-hydroxylation sites is 1. The van der Waals surface area contributed by atoms with Crippen molar-refractivity contribution in [1.82, 2.24) is 0 Å². The van der Waals surface area contributed by atoms with E-state index in [9.17, 15) is 9.90 Å². The van der Waals surface area contributed by atoms with Crippen molar-refractivity contribution in [3.8, 4) is 22.6 Å². The van der Waals surface area contributed by atoms with E-state index in [0.717, 1.165) is 5.56 Å². The molecule has 0 aromatic heterocycles. The second-order valence-corrected chi connectivity index (χ2v) is 3.97. The molecule has 0 unspecified atom stereocenters. The van der Waals surface area contributed by atoms with E-state index in [1.165, 1.54) is 12.1 Å². The van der Waals surface area contributed by atoms with E-state index in [0.29, 0.717) is 17.9 Å². The molecule has 2 aromatic carbocycles. The van der Waals surface area contributed by atoms with Crippen LogP contribution in [0.2, 0.25) is 0 Å². The quantitative estimate of drug-likeness (QED) is 0.884. The van der Waals surface area contributed by atoms with Gasteiger partial charge in [-0.1, -0.05) is 24.3 Å². The Morgan fingerprint density at radius 3 is 2.63 bits per heavy atom. The van der Waals surface area contributed by atoms with Crippen molar-refractivity contribution in [3.63, 3.8) is 0 Å². The highest BCUT2D eigenvalue weighted by Crippen LogP contribution is 2.32. The number of hydrogen-bond acceptors (Lipinski definition) is 3. The molecule has 0 saturated carbocycles. The predicted octanol–water partition coefficient (Wildman–Crippen LogP) is 3.16. The fourth-order valence-corrected chi connectivity index (χ4v) is 1.86. The molecule has 2 N–H and O–H groups in total. The summed E-state index contributed by atoms with van der Waals surface area (Å²) in [7, 11) is 0. The molecule has 4 heteroatoms. The summed E-state index contributed by atoms with van der Waals surface area (Å²) in [5.41, 5.74) is 1.37. The highest BCUT2D eigenvalue weighted by atomic mass is 16.5. The van der Waals surface area contributed by atoms with Crippen LogP contribution in [0.15, 0.2) is 42.5 Å². The van der Waals surface area contributed by atoms with Crippen LogP contribution in [0.3, 0.4) is 0 Å². The van der Waals surface area contributed by atoms with Crippen molar-refractivity contribution >= 4 is 5.97 Å². The first kappa shape index (κ1) is 13.0. The average Bonchev–Trinajstić information content (AvgIpc) is 2.40. The Morgan fingerprint density at radius 2 is 1.95 bits per heavy atom. The third-order valence-corrected chi connectivity index (χ3v) is 2.72. The van der Waals surface area contributed by atoms with E-state index in [-0.39, 0.29) is 11.3 Å². The van der Waals surface area contributed by atoms with Crippen molar-refractivity contribution in [1.29, 1.82) is 0 Å². The van der Waals surface area contributed by atoms with Crippen LogP contribution in [0, 0.1) is 0 Å². The van der Waals surface area contributed by atoms with Crippen molar-refractivity contribution < 1.29 is 19.7 Å². The van der Waals surface area contributed by atoms with Gasteiger partial charge in [-0.05, 0) is 30.7 Å². The van der Waals surface area contributed by atoms with Crippen molar-refractivity contribution in [3.05, 3.63) is 48.0 Å². The number of carboxylic acid groups (broad SMARTS) is 1. The molecule has 2 aromatic rings. The van der Waals surface area contributed by atoms with Crippen LogP contribution in [0.5, 0.6) is 11.5 Å². The number of aromatic carboxylic acids is 1. The Morgan fingerprint density at radius 1 is 1.21 bits per heavy atom. The topological polar surface area (TPSA) is 66.8 Å². The van der Waals surface area contributed by atoms with E-state index in [1.54, 1.807) is 6.07 Å². The third-order valence-electron chi connectivity index (χ3n) is 2.72. The zero-order valence-electron chi connectivity index (χ0n) is 10.5. The zero-order valence-corrected chi connectivity index (χ0v) is 10.5. The molecule has 0 aliphatic carbocycles. The smallest absolute Gasteiger partial charge is 0.339 e. The van der Waals surface area contributed by atoms with Gasteiger partial charge in [-0.3, -0.25) is 0 Å². The molecule has 0 fully saturated rings. The maximum absolute atomic E-state index is 11.0. The Balaban J connectivity index is 2.53. The fourth-order valence-electron chi connectivity index (χ4n) is 1.86. The second kappa shape index (κ2) is 5.44. The van der Waals surface area contributed by atoms with Crippen LogP contribution in [-0.2, 0) is 0 Å². The number of carbonyl (C=O) groups is 1. The molecule has 0 aliphatic rings. The number of phenols is 1. The normalized spacial score (nSPS) is 10.2. The van der Waals surface area contributed by atoms with E-state index in [2.05, 4.69) is 0 Å². The van der Waals surface area contributed by atoms with E-state index in [4.69, 9.17) is 9.84 Å². The van der Waals surface area contributed by atoms with E-state index in [1.807, 2.05) is 31.2 Å². The largest absolute Gasteiger partial charge is 0.507 e. The molecular formula is C15H14O4. The van der Waals surface area contributed by atoms with Crippen LogP contribution >= 0.6 is 0 Å². The Bertz CT molecular complexity index is 605. The Kier molecular flexibility index (Phi) is 3.71. The van der Waals surface area contributed by atoms with Gasteiger partial charge in [-0.15, -0.1) is 0 Å². The number of aromatic hydroxyl groups is 1. The summed E-state index contributed by atoms with van der Waals surface area (Å²) in [4.78, 5) is 11.0. The lowest BCUT2D eigenvalue weighted by molar-refractivity contribution is 0.0694. The SMILES string of the molecule is CCOc1ccccc1-c1ccc(O)c(C(=O)O)c1. The molecule has 0 radical (unpaired) electrons. The van der Waals surface area contributed by atoms with Gasteiger partial charge in [0, 0.05) is 5.56 Å². The highest BCUT2D eigenvalue weighted by molar-refractivity contribution is 5.92. The summed E-state index contributed by atoms with van der Waals surface area (Å²) in [5.74, 6) is -0.717. The molecule has 0 heterocycles. The maximum atomic E-state index is 11.0. The third kappa shape index (κ3) is 2.68. The van der Waals surface area contributed by atoms with Crippen LogP contribution in [0.4, 0.5) is 0 Å². The number of carboxylic acids is 1. The monoisotopic (exact) mass is 258 g/mol. The maximum Gasteiger partial charge on any atom is 0.339 e. The minimum absolute atomic E-state index is 0.121. The van der Waals surface area contributed by atoms with Gasteiger partial charge in [-0.25, -0.2) is 4.79 Å². The minimum Gasteiger partial charge on any atom is -0.507 e. The Labute approximate surface area is 110 Å². The summed E-state index contributed by atoms with van der Waals surface area (Å²) in [6.07, 6.45) is 0. The summed E-state index contributed by atoms with van der Waals surface area (Å²) in [6.45, 7) is 2.41. The van der Waals surface area contributed by atoms with Crippen molar-refractivity contribution in [2.45, 2.75) is 6.92 Å². The van der Waals surface area contributed by atoms with Crippen molar-refractivity contribution in [2.75, 3.05) is 6.61 Å². The highest BCUT2D eigenvalue weighted by Gasteiger charge is 2.13. The molecule has 0 saturated heterocycles. The minimum atomic E-state index is -1.16. The molecule has 2 rings (SSSR count). The molecule has 0 aliphatic heterocycles. The molecule has 0 spiro atoms. The van der Waals surface area contributed by atoms with Crippen LogP contribution < -0.4 is 4.74 Å². The summed E-state index contributed by atoms with van der Waals surface area (Å²) in [6, 6.07) is 11.9. The van der Waals surface area contributed by atoms with Gasteiger partial charge in [0.05, 0.1) is 6.61 Å². The molecular weight excluding hydrogens is 244 g/mol. The fraction of sp³-hybridized carbons (Fsp3) is 0.133. The summed E-state index contributed by atoms with van der Waals surface area (Å²) in [5, 5.41) is 18.5. The molecule has 4 nitrogen and oxygen atoms in total. The summed E-state index contributed by atoms with van der Waals surface area (Å²) >= 11 is 0. The first-order chi connectivity index (χ1) is 9.13. The molecule has 98 valence electrons. The number of hydrogen-bond donors (Lipinski definition) is 2.